The Kier molecular flexibility index (Phi) is 4.16. The summed E-state index contributed by atoms with van der Waals surface area (Å²) in [6, 6.07) is 2.83. The van der Waals surface area contributed by atoms with Crippen LogP contribution < -0.4 is 10.2 Å². The van der Waals surface area contributed by atoms with Gasteiger partial charge in [-0.1, -0.05) is 6.92 Å². The van der Waals surface area contributed by atoms with E-state index >= 15 is 0 Å². The van der Waals surface area contributed by atoms with Crippen molar-refractivity contribution >= 4 is 11.8 Å². The largest absolute Gasteiger partial charge is 0.393 e. The highest BCUT2D eigenvalue weighted by Gasteiger charge is 2.29. The van der Waals surface area contributed by atoms with Crippen LogP contribution in [0, 0.1) is 17.2 Å². The molecular weight excluding hydrogens is 278 g/mol. The van der Waals surface area contributed by atoms with Crippen LogP contribution in [-0.4, -0.2) is 40.3 Å². The van der Waals surface area contributed by atoms with Crippen LogP contribution >= 0.6 is 0 Å². The number of nitrogens with one attached hydrogen (secondary N) is 1. The first-order valence-electron chi connectivity index (χ1n) is 8.03. The first kappa shape index (κ1) is 15.0. The number of aliphatic hydroxyl groups excluding tert-OH is 1. The molecular formula is C16H23N5O. The molecule has 1 unspecified atom stereocenters. The predicted molar refractivity (Wildman–Crippen MR) is 84.6 cm³/mol. The standard InChI is InChI=1S/C16H23N5O/c1-10-3-4-12(7-14(10)22)19-15-11(8-17)9-18-16(20-15)21(2)13-5-6-13/h9-10,12-14,22H,3-7H2,1-2H3,(H,18,19,20)/t10-,12?,14-/m1/s1. The first-order valence-corrected chi connectivity index (χ1v) is 8.03. The molecule has 2 aliphatic carbocycles. The predicted octanol–water partition coefficient (Wildman–Crippen LogP) is 1.91. The van der Waals surface area contributed by atoms with Gasteiger partial charge in [-0.15, -0.1) is 0 Å². The van der Waals surface area contributed by atoms with Gasteiger partial charge in [0, 0.05) is 19.1 Å². The van der Waals surface area contributed by atoms with Gasteiger partial charge in [0.2, 0.25) is 5.95 Å². The van der Waals surface area contributed by atoms with Gasteiger partial charge in [0.15, 0.2) is 0 Å². The van der Waals surface area contributed by atoms with E-state index in [9.17, 15) is 10.4 Å². The summed E-state index contributed by atoms with van der Waals surface area (Å²) >= 11 is 0. The molecule has 0 aromatic carbocycles. The van der Waals surface area contributed by atoms with E-state index in [2.05, 4.69) is 33.2 Å². The van der Waals surface area contributed by atoms with E-state index in [1.807, 2.05) is 7.05 Å². The minimum Gasteiger partial charge on any atom is -0.393 e. The number of anilines is 2. The van der Waals surface area contributed by atoms with Crippen LogP contribution in [0.5, 0.6) is 0 Å². The molecule has 0 spiro atoms. The fraction of sp³-hybridized carbons (Fsp3) is 0.688. The van der Waals surface area contributed by atoms with Crippen molar-refractivity contribution in [2.45, 2.75) is 57.2 Å². The van der Waals surface area contributed by atoms with Crippen LogP contribution in [0.4, 0.5) is 11.8 Å². The Balaban J connectivity index is 1.76. The van der Waals surface area contributed by atoms with E-state index < -0.39 is 0 Å². The van der Waals surface area contributed by atoms with Crippen molar-refractivity contribution in [2.24, 2.45) is 5.92 Å². The molecule has 6 nitrogen and oxygen atoms in total. The summed E-state index contributed by atoms with van der Waals surface area (Å²) in [6.45, 7) is 2.08. The van der Waals surface area contributed by atoms with E-state index in [-0.39, 0.29) is 12.1 Å². The number of hydrogen-bond acceptors (Lipinski definition) is 6. The smallest absolute Gasteiger partial charge is 0.227 e. The molecule has 2 N–H and O–H groups in total. The molecule has 3 atom stereocenters. The van der Waals surface area contributed by atoms with Crippen LogP contribution in [-0.2, 0) is 0 Å². The molecule has 0 radical (unpaired) electrons. The molecule has 2 aliphatic rings. The Bertz CT molecular complexity index is 580. The van der Waals surface area contributed by atoms with Gasteiger partial charge in [-0.3, -0.25) is 0 Å². The Morgan fingerprint density at radius 1 is 1.36 bits per heavy atom. The average molecular weight is 301 g/mol. The van der Waals surface area contributed by atoms with Gasteiger partial charge in [-0.25, -0.2) is 4.98 Å². The van der Waals surface area contributed by atoms with Gasteiger partial charge in [-0.2, -0.15) is 10.2 Å². The highest BCUT2D eigenvalue weighted by Crippen LogP contribution is 2.30. The van der Waals surface area contributed by atoms with Crippen molar-refractivity contribution in [3.63, 3.8) is 0 Å². The maximum absolute atomic E-state index is 10.0. The van der Waals surface area contributed by atoms with Crippen LogP contribution in [0.3, 0.4) is 0 Å². The molecule has 2 fully saturated rings. The Hall–Kier alpha value is -1.87. The lowest BCUT2D eigenvalue weighted by Crippen LogP contribution is -2.35. The second kappa shape index (κ2) is 6.09. The normalized spacial score (nSPS) is 28.0. The van der Waals surface area contributed by atoms with Crippen LogP contribution in [0.1, 0.15) is 44.6 Å². The van der Waals surface area contributed by atoms with E-state index in [4.69, 9.17) is 0 Å². The molecule has 0 bridgehead atoms. The van der Waals surface area contributed by atoms with Crippen molar-refractivity contribution in [3.8, 4) is 6.07 Å². The van der Waals surface area contributed by atoms with Crippen molar-refractivity contribution in [1.29, 1.82) is 5.26 Å². The topological polar surface area (TPSA) is 85.1 Å². The molecule has 1 aromatic heterocycles. The quantitative estimate of drug-likeness (QED) is 0.883. The summed E-state index contributed by atoms with van der Waals surface area (Å²) in [6.07, 6.45) is 6.33. The fourth-order valence-corrected chi connectivity index (χ4v) is 2.98. The highest BCUT2D eigenvalue weighted by molar-refractivity contribution is 5.54. The SMILES string of the molecule is C[C@@H]1CCC(Nc2nc(N(C)C3CC3)ncc2C#N)C[C@H]1O. The van der Waals surface area contributed by atoms with Gasteiger partial charge in [-0.05, 0) is 38.0 Å². The number of nitriles is 1. The minimum absolute atomic E-state index is 0.160. The maximum atomic E-state index is 10.0. The van der Waals surface area contributed by atoms with Gasteiger partial charge in [0.25, 0.3) is 0 Å². The van der Waals surface area contributed by atoms with Crippen molar-refractivity contribution in [2.75, 3.05) is 17.3 Å². The molecule has 1 heterocycles. The summed E-state index contributed by atoms with van der Waals surface area (Å²) in [5.41, 5.74) is 0.459. The summed E-state index contributed by atoms with van der Waals surface area (Å²) in [4.78, 5) is 10.9. The van der Waals surface area contributed by atoms with Gasteiger partial charge >= 0.3 is 0 Å². The monoisotopic (exact) mass is 301 g/mol. The first-order chi connectivity index (χ1) is 10.6. The van der Waals surface area contributed by atoms with Gasteiger partial charge in [0.05, 0.1) is 12.3 Å². The zero-order chi connectivity index (χ0) is 15.7. The lowest BCUT2D eigenvalue weighted by molar-refractivity contribution is 0.0739. The highest BCUT2D eigenvalue weighted by atomic mass is 16.3. The van der Waals surface area contributed by atoms with Crippen LogP contribution in [0.2, 0.25) is 0 Å². The fourth-order valence-electron chi connectivity index (χ4n) is 2.98. The van der Waals surface area contributed by atoms with Crippen molar-refractivity contribution in [3.05, 3.63) is 11.8 Å². The third-order valence-electron chi connectivity index (χ3n) is 4.80. The average Bonchev–Trinajstić information content (AvgIpc) is 3.35. The summed E-state index contributed by atoms with van der Waals surface area (Å²) < 4.78 is 0. The second-order valence-corrected chi connectivity index (χ2v) is 6.59. The van der Waals surface area contributed by atoms with Crippen LogP contribution in [0.25, 0.3) is 0 Å². The maximum Gasteiger partial charge on any atom is 0.227 e. The van der Waals surface area contributed by atoms with E-state index in [1.54, 1.807) is 6.20 Å². The van der Waals surface area contributed by atoms with Gasteiger partial charge < -0.3 is 15.3 Å². The zero-order valence-corrected chi connectivity index (χ0v) is 13.2. The lowest BCUT2D eigenvalue weighted by atomic mass is 9.85. The molecule has 2 saturated carbocycles. The van der Waals surface area contributed by atoms with Gasteiger partial charge in [0.1, 0.15) is 17.5 Å². The van der Waals surface area contributed by atoms with E-state index in [1.165, 1.54) is 12.8 Å². The number of hydrogen-bond donors (Lipinski definition) is 2. The Morgan fingerprint density at radius 2 is 2.14 bits per heavy atom. The molecule has 6 heteroatoms. The molecule has 3 rings (SSSR count). The third-order valence-corrected chi connectivity index (χ3v) is 4.80. The van der Waals surface area contributed by atoms with Crippen molar-refractivity contribution in [1.82, 2.24) is 9.97 Å². The summed E-state index contributed by atoms with van der Waals surface area (Å²) in [5, 5.41) is 22.6. The Morgan fingerprint density at radius 3 is 2.77 bits per heavy atom. The molecule has 0 saturated heterocycles. The molecule has 1 aromatic rings. The minimum atomic E-state index is -0.285. The second-order valence-electron chi connectivity index (χ2n) is 6.59. The molecule has 118 valence electrons. The summed E-state index contributed by atoms with van der Waals surface area (Å²) in [5.74, 6) is 1.59. The molecule has 0 aliphatic heterocycles. The van der Waals surface area contributed by atoms with Crippen molar-refractivity contribution < 1.29 is 5.11 Å². The molecule has 22 heavy (non-hydrogen) atoms. The van der Waals surface area contributed by atoms with E-state index in [0.29, 0.717) is 35.7 Å². The Labute approximate surface area is 131 Å². The van der Waals surface area contributed by atoms with Crippen LogP contribution in [0.15, 0.2) is 6.20 Å². The number of aliphatic hydroxyl groups is 1. The number of nitrogens with zero attached hydrogens (tertiary/aromatic N) is 4. The zero-order valence-electron chi connectivity index (χ0n) is 13.2. The summed E-state index contributed by atoms with van der Waals surface area (Å²) in [7, 11) is 1.99. The number of rotatable bonds is 4. The van der Waals surface area contributed by atoms with E-state index in [0.717, 1.165) is 12.8 Å². The number of aromatic nitrogens is 2. The third kappa shape index (κ3) is 3.14. The molecule has 0 amide bonds. The lowest BCUT2D eigenvalue weighted by Gasteiger charge is -2.32.